The van der Waals surface area contributed by atoms with Gasteiger partial charge in [-0.05, 0) is 40.2 Å². The van der Waals surface area contributed by atoms with Crippen molar-refractivity contribution in [2.24, 2.45) is 0 Å². The molecule has 0 saturated heterocycles. The number of amides is 1. The Hall–Kier alpha value is -2.33. The number of alkyl halides is 3. The summed E-state index contributed by atoms with van der Waals surface area (Å²) in [5, 5.41) is 13.1. The molecule has 1 amide bonds. The molecule has 0 unspecified atom stereocenters. The molecule has 138 valence electrons. The van der Waals surface area contributed by atoms with E-state index in [1.807, 2.05) is 5.32 Å². The van der Waals surface area contributed by atoms with E-state index in [0.717, 1.165) is 12.1 Å². The van der Waals surface area contributed by atoms with E-state index in [1.165, 1.54) is 18.2 Å². The van der Waals surface area contributed by atoms with Crippen LogP contribution in [0.1, 0.15) is 5.56 Å². The van der Waals surface area contributed by atoms with Crippen LogP contribution < -0.4 is 10.1 Å². The Balaban J connectivity index is 2.14. The number of nitro groups is 1. The second-order valence-electron chi connectivity index (χ2n) is 4.90. The van der Waals surface area contributed by atoms with Crippen LogP contribution in [0, 0.1) is 10.1 Å². The van der Waals surface area contributed by atoms with Gasteiger partial charge in [0.05, 0.1) is 20.6 Å². The number of rotatable bonds is 5. The third kappa shape index (κ3) is 5.09. The molecule has 2 aromatic rings. The van der Waals surface area contributed by atoms with Crippen molar-refractivity contribution in [2.75, 3.05) is 11.9 Å². The van der Waals surface area contributed by atoms with Gasteiger partial charge >= 0.3 is 6.18 Å². The fourth-order valence-corrected chi connectivity index (χ4v) is 2.71. The van der Waals surface area contributed by atoms with Gasteiger partial charge in [-0.2, -0.15) is 13.2 Å². The number of hydrogen-bond acceptors (Lipinski definition) is 4. The van der Waals surface area contributed by atoms with E-state index in [-0.39, 0.29) is 5.75 Å². The zero-order valence-corrected chi connectivity index (χ0v) is 15.0. The van der Waals surface area contributed by atoms with Gasteiger partial charge in [0.2, 0.25) is 0 Å². The van der Waals surface area contributed by atoms with Gasteiger partial charge in [0.25, 0.3) is 11.6 Å². The molecule has 0 bridgehead atoms. The molecular weight excluding hydrogens is 445 g/mol. The first-order valence-electron chi connectivity index (χ1n) is 6.81. The predicted octanol–water partition coefficient (Wildman–Crippen LogP) is 5.05. The average Bonchev–Trinajstić information content (AvgIpc) is 2.53. The maximum Gasteiger partial charge on any atom is 0.418 e. The minimum atomic E-state index is -4.88. The molecule has 0 aliphatic carbocycles. The minimum absolute atomic E-state index is 0.268. The molecular formula is C15H9BrClF3N2O4. The third-order valence-electron chi connectivity index (χ3n) is 3.05. The van der Waals surface area contributed by atoms with Crippen LogP contribution in [0.3, 0.4) is 0 Å². The molecule has 2 aromatic carbocycles. The van der Waals surface area contributed by atoms with Crippen molar-refractivity contribution >= 4 is 44.8 Å². The minimum Gasteiger partial charge on any atom is -0.483 e. The number of nitrogens with zero attached hydrogens (tertiary/aromatic N) is 1. The molecule has 0 saturated carbocycles. The molecule has 0 spiro atoms. The van der Waals surface area contributed by atoms with Gasteiger partial charge in [-0.25, -0.2) is 0 Å². The lowest BCUT2D eigenvalue weighted by molar-refractivity contribution is -0.385. The summed E-state index contributed by atoms with van der Waals surface area (Å²) < 4.78 is 44.8. The number of nitrogens with one attached hydrogen (secondary N) is 1. The topological polar surface area (TPSA) is 81.5 Å². The second kappa shape index (κ2) is 7.92. The smallest absolute Gasteiger partial charge is 0.418 e. The normalized spacial score (nSPS) is 11.1. The van der Waals surface area contributed by atoms with E-state index < -0.39 is 40.6 Å². The molecule has 26 heavy (non-hydrogen) atoms. The molecule has 11 heteroatoms. The molecule has 0 heterocycles. The maximum absolute atomic E-state index is 13.1. The highest BCUT2D eigenvalue weighted by molar-refractivity contribution is 9.10. The summed E-state index contributed by atoms with van der Waals surface area (Å²) in [4.78, 5) is 21.6. The molecule has 1 N–H and O–H groups in total. The summed E-state index contributed by atoms with van der Waals surface area (Å²) >= 11 is 8.93. The summed E-state index contributed by atoms with van der Waals surface area (Å²) in [6, 6.07) is 6.54. The van der Waals surface area contributed by atoms with Crippen molar-refractivity contribution in [3.05, 3.63) is 61.6 Å². The number of carbonyl (C=O) groups is 1. The SMILES string of the molecule is O=C(COc1ccc(Cl)cc1Br)Nc1ccc([N+](=O)[O-])cc1C(F)(F)F. The van der Waals surface area contributed by atoms with Gasteiger partial charge in [-0.1, -0.05) is 11.6 Å². The Kier molecular flexibility index (Phi) is 6.09. The lowest BCUT2D eigenvalue weighted by Gasteiger charge is -2.14. The van der Waals surface area contributed by atoms with Gasteiger partial charge < -0.3 is 10.1 Å². The molecule has 0 aromatic heterocycles. The summed E-state index contributed by atoms with van der Waals surface area (Å²) in [6.45, 7) is -0.575. The van der Waals surface area contributed by atoms with Crippen LogP contribution >= 0.6 is 27.5 Å². The summed E-state index contributed by atoms with van der Waals surface area (Å²) in [6.07, 6.45) is -4.88. The summed E-state index contributed by atoms with van der Waals surface area (Å²) in [7, 11) is 0. The van der Waals surface area contributed by atoms with E-state index >= 15 is 0 Å². The Morgan fingerprint density at radius 2 is 1.96 bits per heavy atom. The van der Waals surface area contributed by atoms with Gasteiger partial charge in [0.15, 0.2) is 6.61 Å². The first kappa shape index (κ1) is 20.0. The first-order chi connectivity index (χ1) is 12.1. The Morgan fingerprint density at radius 1 is 1.27 bits per heavy atom. The second-order valence-corrected chi connectivity index (χ2v) is 6.19. The highest BCUT2D eigenvalue weighted by Crippen LogP contribution is 2.37. The Morgan fingerprint density at radius 3 is 2.54 bits per heavy atom. The van der Waals surface area contributed by atoms with Crippen LogP contribution in [0.15, 0.2) is 40.9 Å². The average molecular weight is 454 g/mol. The van der Waals surface area contributed by atoms with Gasteiger partial charge in [0, 0.05) is 17.2 Å². The number of anilines is 1. The van der Waals surface area contributed by atoms with E-state index in [2.05, 4.69) is 15.9 Å². The molecule has 6 nitrogen and oxygen atoms in total. The van der Waals surface area contributed by atoms with Crippen molar-refractivity contribution < 1.29 is 27.6 Å². The molecule has 0 radical (unpaired) electrons. The standard InChI is InChI=1S/C15H9BrClF3N2O4/c16-11-5-8(17)1-4-13(11)26-7-14(23)21-12-3-2-9(22(24)25)6-10(12)15(18,19)20/h1-6H,7H2,(H,21,23). The third-order valence-corrected chi connectivity index (χ3v) is 3.90. The van der Waals surface area contributed by atoms with Gasteiger partial charge in [-0.3, -0.25) is 14.9 Å². The van der Waals surface area contributed by atoms with Crippen molar-refractivity contribution in [1.29, 1.82) is 0 Å². The van der Waals surface area contributed by atoms with E-state index in [0.29, 0.717) is 15.6 Å². The fraction of sp³-hybridized carbons (Fsp3) is 0.133. The quantitative estimate of drug-likeness (QED) is 0.508. The monoisotopic (exact) mass is 452 g/mol. The van der Waals surface area contributed by atoms with Crippen LogP contribution in [0.25, 0.3) is 0 Å². The maximum atomic E-state index is 13.1. The zero-order valence-electron chi connectivity index (χ0n) is 12.6. The Bertz CT molecular complexity index is 861. The van der Waals surface area contributed by atoms with Gasteiger partial charge in [0.1, 0.15) is 5.75 Å². The van der Waals surface area contributed by atoms with E-state index in [4.69, 9.17) is 16.3 Å². The highest BCUT2D eigenvalue weighted by atomic mass is 79.9. The number of halogens is 5. The van der Waals surface area contributed by atoms with E-state index in [1.54, 1.807) is 0 Å². The van der Waals surface area contributed by atoms with Crippen molar-refractivity contribution in [3.63, 3.8) is 0 Å². The lowest BCUT2D eigenvalue weighted by Crippen LogP contribution is -2.22. The molecule has 0 atom stereocenters. The van der Waals surface area contributed by atoms with Gasteiger partial charge in [-0.15, -0.1) is 0 Å². The van der Waals surface area contributed by atoms with Crippen LogP contribution in [0.2, 0.25) is 5.02 Å². The zero-order chi connectivity index (χ0) is 19.5. The van der Waals surface area contributed by atoms with Crippen LogP contribution in [-0.4, -0.2) is 17.4 Å². The largest absolute Gasteiger partial charge is 0.483 e. The number of carbonyl (C=O) groups excluding carboxylic acids is 1. The fourth-order valence-electron chi connectivity index (χ4n) is 1.91. The summed E-state index contributed by atoms with van der Waals surface area (Å²) in [5.41, 5.74) is -2.67. The number of ether oxygens (including phenoxy) is 1. The Labute approximate surface area is 158 Å². The number of benzene rings is 2. The van der Waals surface area contributed by atoms with Crippen LogP contribution in [0.5, 0.6) is 5.75 Å². The highest BCUT2D eigenvalue weighted by Gasteiger charge is 2.35. The predicted molar refractivity (Wildman–Crippen MR) is 91.4 cm³/mol. The first-order valence-corrected chi connectivity index (χ1v) is 7.98. The number of nitro benzene ring substituents is 1. The van der Waals surface area contributed by atoms with Crippen molar-refractivity contribution in [1.82, 2.24) is 0 Å². The molecule has 2 rings (SSSR count). The summed E-state index contributed by atoms with van der Waals surface area (Å²) in [5.74, 6) is -0.601. The molecule has 0 aliphatic heterocycles. The van der Waals surface area contributed by atoms with Crippen molar-refractivity contribution in [2.45, 2.75) is 6.18 Å². The molecule has 0 fully saturated rings. The number of hydrogen-bond donors (Lipinski definition) is 1. The lowest BCUT2D eigenvalue weighted by atomic mass is 10.1. The van der Waals surface area contributed by atoms with Crippen LogP contribution in [-0.2, 0) is 11.0 Å². The number of non-ortho nitro benzene ring substituents is 1. The molecule has 0 aliphatic rings. The van der Waals surface area contributed by atoms with Crippen LogP contribution in [0.4, 0.5) is 24.5 Å². The van der Waals surface area contributed by atoms with Crippen molar-refractivity contribution in [3.8, 4) is 5.75 Å². The van der Waals surface area contributed by atoms with E-state index in [9.17, 15) is 28.1 Å².